The fourth-order valence-electron chi connectivity index (χ4n) is 3.36. The first kappa shape index (κ1) is 17.9. The highest BCUT2D eigenvalue weighted by molar-refractivity contribution is 6.22. The van der Waals surface area contributed by atoms with Crippen LogP contribution in [0.5, 0.6) is 5.75 Å². The average Bonchev–Trinajstić information content (AvgIpc) is 2.89. The molecule has 2 saturated heterocycles. The third-order valence-corrected chi connectivity index (χ3v) is 4.79. The SMILES string of the molecule is CC(=O)N1CCN(C2CC(=O)N(c3ccc(C(=O)O)c(O)c3)C2=O)CC1. The van der Waals surface area contributed by atoms with E-state index in [0.29, 0.717) is 26.2 Å². The summed E-state index contributed by atoms with van der Waals surface area (Å²) in [6, 6.07) is 2.98. The van der Waals surface area contributed by atoms with Gasteiger partial charge in [0.05, 0.1) is 18.2 Å². The maximum atomic E-state index is 12.7. The van der Waals surface area contributed by atoms with Gasteiger partial charge in [0, 0.05) is 39.2 Å². The minimum atomic E-state index is -1.30. The molecule has 1 atom stereocenters. The number of carboxylic acid groups (broad SMARTS) is 1. The van der Waals surface area contributed by atoms with Crippen molar-refractivity contribution in [2.75, 3.05) is 31.1 Å². The van der Waals surface area contributed by atoms with E-state index in [9.17, 15) is 24.3 Å². The number of benzene rings is 1. The number of piperazine rings is 1. The van der Waals surface area contributed by atoms with Gasteiger partial charge in [0.2, 0.25) is 11.8 Å². The zero-order valence-corrected chi connectivity index (χ0v) is 14.2. The Balaban J connectivity index is 1.76. The summed E-state index contributed by atoms with van der Waals surface area (Å²) in [6.07, 6.45) is 0.0142. The molecule has 2 N–H and O–H groups in total. The highest BCUT2D eigenvalue weighted by Crippen LogP contribution is 2.30. The molecule has 1 aromatic rings. The van der Waals surface area contributed by atoms with Crippen molar-refractivity contribution < 1.29 is 29.4 Å². The molecular weight excluding hydrogens is 342 g/mol. The summed E-state index contributed by atoms with van der Waals surface area (Å²) in [5, 5.41) is 18.8. The van der Waals surface area contributed by atoms with Gasteiger partial charge in [0.25, 0.3) is 5.91 Å². The number of aromatic hydroxyl groups is 1. The number of nitrogens with zero attached hydrogens (tertiary/aromatic N) is 3. The van der Waals surface area contributed by atoms with Crippen LogP contribution < -0.4 is 4.90 Å². The van der Waals surface area contributed by atoms with E-state index < -0.39 is 29.6 Å². The van der Waals surface area contributed by atoms with Crippen molar-refractivity contribution in [3.05, 3.63) is 23.8 Å². The fraction of sp³-hybridized carbons (Fsp3) is 0.412. The van der Waals surface area contributed by atoms with Crippen LogP contribution in [0.1, 0.15) is 23.7 Å². The molecule has 9 nitrogen and oxygen atoms in total. The lowest BCUT2D eigenvalue weighted by atomic mass is 10.1. The van der Waals surface area contributed by atoms with E-state index in [0.717, 1.165) is 17.0 Å². The van der Waals surface area contributed by atoms with Gasteiger partial charge in [-0.3, -0.25) is 19.3 Å². The van der Waals surface area contributed by atoms with Crippen LogP contribution in [0.3, 0.4) is 0 Å². The molecule has 0 aromatic heterocycles. The molecule has 2 aliphatic heterocycles. The quantitative estimate of drug-likeness (QED) is 0.721. The van der Waals surface area contributed by atoms with E-state index in [2.05, 4.69) is 0 Å². The minimum Gasteiger partial charge on any atom is -0.507 e. The molecule has 0 radical (unpaired) electrons. The van der Waals surface area contributed by atoms with Crippen molar-refractivity contribution in [2.24, 2.45) is 0 Å². The van der Waals surface area contributed by atoms with Crippen molar-refractivity contribution in [3.8, 4) is 5.75 Å². The molecule has 138 valence electrons. The molecule has 2 heterocycles. The molecule has 26 heavy (non-hydrogen) atoms. The summed E-state index contributed by atoms with van der Waals surface area (Å²) >= 11 is 0. The van der Waals surface area contributed by atoms with Gasteiger partial charge in [-0.05, 0) is 12.1 Å². The van der Waals surface area contributed by atoms with Gasteiger partial charge in [-0.15, -0.1) is 0 Å². The first-order chi connectivity index (χ1) is 12.3. The zero-order chi connectivity index (χ0) is 19.0. The highest BCUT2D eigenvalue weighted by atomic mass is 16.4. The number of imide groups is 1. The van der Waals surface area contributed by atoms with Crippen LogP contribution in [0.4, 0.5) is 5.69 Å². The van der Waals surface area contributed by atoms with Gasteiger partial charge in [0.1, 0.15) is 11.3 Å². The highest BCUT2D eigenvalue weighted by Gasteiger charge is 2.43. The van der Waals surface area contributed by atoms with Crippen LogP contribution >= 0.6 is 0 Å². The van der Waals surface area contributed by atoms with Gasteiger partial charge >= 0.3 is 5.97 Å². The summed E-state index contributed by atoms with van der Waals surface area (Å²) in [6.45, 7) is 3.50. The van der Waals surface area contributed by atoms with Gasteiger partial charge in [-0.2, -0.15) is 0 Å². The Morgan fingerprint density at radius 3 is 2.31 bits per heavy atom. The van der Waals surface area contributed by atoms with Crippen LogP contribution in [0.25, 0.3) is 0 Å². The Labute approximate surface area is 149 Å². The molecular formula is C17H19N3O6. The lowest BCUT2D eigenvalue weighted by Gasteiger charge is -2.36. The predicted molar refractivity (Wildman–Crippen MR) is 89.8 cm³/mol. The van der Waals surface area contributed by atoms with Gasteiger partial charge in [-0.1, -0.05) is 0 Å². The van der Waals surface area contributed by atoms with Crippen LogP contribution in [0.2, 0.25) is 0 Å². The molecule has 3 amide bonds. The number of hydrogen-bond acceptors (Lipinski definition) is 6. The minimum absolute atomic E-state index is 0.0142. The number of anilines is 1. The van der Waals surface area contributed by atoms with Crippen molar-refractivity contribution in [1.82, 2.24) is 9.80 Å². The maximum absolute atomic E-state index is 12.7. The Bertz CT molecular complexity index is 785. The number of phenols is 1. The Kier molecular flexibility index (Phi) is 4.64. The summed E-state index contributed by atoms with van der Waals surface area (Å²) in [7, 11) is 0. The van der Waals surface area contributed by atoms with Crippen molar-refractivity contribution in [2.45, 2.75) is 19.4 Å². The van der Waals surface area contributed by atoms with Crippen LogP contribution in [-0.4, -0.2) is 75.9 Å². The Hall–Kier alpha value is -2.94. The lowest BCUT2D eigenvalue weighted by molar-refractivity contribution is -0.131. The van der Waals surface area contributed by atoms with Crippen LogP contribution in [0.15, 0.2) is 18.2 Å². The number of amides is 3. The van der Waals surface area contributed by atoms with Gasteiger partial charge in [0.15, 0.2) is 0 Å². The third-order valence-electron chi connectivity index (χ3n) is 4.79. The number of aromatic carboxylic acids is 1. The van der Waals surface area contributed by atoms with E-state index in [1.54, 1.807) is 4.90 Å². The predicted octanol–water partition coefficient (Wildman–Crippen LogP) is -0.114. The van der Waals surface area contributed by atoms with Gasteiger partial charge in [-0.25, -0.2) is 9.69 Å². The topological polar surface area (TPSA) is 118 Å². The fourth-order valence-corrected chi connectivity index (χ4v) is 3.36. The van der Waals surface area contributed by atoms with E-state index in [1.165, 1.54) is 13.0 Å². The summed E-state index contributed by atoms with van der Waals surface area (Å²) in [5.74, 6) is -2.64. The molecule has 2 fully saturated rings. The summed E-state index contributed by atoms with van der Waals surface area (Å²) in [4.78, 5) is 52.0. The second-order valence-corrected chi connectivity index (χ2v) is 6.34. The first-order valence-electron chi connectivity index (χ1n) is 8.22. The van der Waals surface area contributed by atoms with E-state index in [4.69, 9.17) is 5.11 Å². The zero-order valence-electron chi connectivity index (χ0n) is 14.2. The number of carbonyl (C=O) groups is 4. The van der Waals surface area contributed by atoms with Crippen LogP contribution in [0, 0.1) is 0 Å². The van der Waals surface area contributed by atoms with E-state index >= 15 is 0 Å². The third kappa shape index (κ3) is 3.13. The standard InChI is InChI=1S/C17H19N3O6/c1-10(21)18-4-6-19(7-5-18)13-9-15(23)20(16(13)24)11-2-3-12(17(25)26)14(22)8-11/h2-3,8,13,22H,4-7,9H2,1H3,(H,25,26). The molecule has 3 rings (SSSR count). The largest absolute Gasteiger partial charge is 0.507 e. The smallest absolute Gasteiger partial charge is 0.339 e. The Morgan fingerprint density at radius 2 is 1.77 bits per heavy atom. The lowest BCUT2D eigenvalue weighted by Crippen LogP contribution is -2.53. The summed E-state index contributed by atoms with van der Waals surface area (Å²) in [5.41, 5.74) is -0.155. The molecule has 0 saturated carbocycles. The molecule has 0 aliphatic carbocycles. The molecule has 0 spiro atoms. The second-order valence-electron chi connectivity index (χ2n) is 6.34. The number of carbonyl (C=O) groups excluding carboxylic acids is 3. The van der Waals surface area contributed by atoms with E-state index in [-0.39, 0.29) is 23.6 Å². The molecule has 9 heteroatoms. The maximum Gasteiger partial charge on any atom is 0.339 e. The van der Waals surface area contributed by atoms with Crippen molar-refractivity contribution >= 4 is 29.4 Å². The number of carboxylic acids is 1. The van der Waals surface area contributed by atoms with Crippen LogP contribution in [-0.2, 0) is 14.4 Å². The van der Waals surface area contributed by atoms with Crippen molar-refractivity contribution in [1.29, 1.82) is 0 Å². The summed E-state index contributed by atoms with van der Waals surface area (Å²) < 4.78 is 0. The monoisotopic (exact) mass is 361 g/mol. The Morgan fingerprint density at radius 1 is 1.12 bits per heavy atom. The average molecular weight is 361 g/mol. The second kappa shape index (κ2) is 6.75. The number of hydrogen-bond donors (Lipinski definition) is 2. The van der Waals surface area contributed by atoms with E-state index in [1.807, 2.05) is 4.90 Å². The first-order valence-corrected chi connectivity index (χ1v) is 8.22. The molecule has 1 unspecified atom stereocenters. The molecule has 1 aromatic carbocycles. The number of rotatable bonds is 3. The normalized spacial score (nSPS) is 21.3. The van der Waals surface area contributed by atoms with Gasteiger partial charge < -0.3 is 15.1 Å². The molecule has 2 aliphatic rings. The molecule has 0 bridgehead atoms. The van der Waals surface area contributed by atoms with Crippen molar-refractivity contribution in [3.63, 3.8) is 0 Å².